The lowest BCUT2D eigenvalue weighted by Gasteiger charge is -2.13. The molecule has 0 bridgehead atoms. The molecule has 3 heterocycles. The fraction of sp³-hybridized carbons (Fsp3) is 0.368. The number of anilines is 1. The van der Waals surface area contributed by atoms with Gasteiger partial charge in [-0.15, -0.1) is 0 Å². The standard InChI is InChI=1S/C19H22N4O2S2/c1-4-6-9-22-18(25)14(27-19(22)26)10-13-16(20-5-2)21-15-8-7-12(3)11-23(15)17(13)24/h7-8,10-11,20H,4-6,9H2,1-3H3. The molecular formula is C19H22N4O2S2. The van der Waals surface area contributed by atoms with Gasteiger partial charge in [-0.05, 0) is 38.0 Å². The topological polar surface area (TPSA) is 66.7 Å². The van der Waals surface area contributed by atoms with E-state index in [1.807, 2.05) is 26.0 Å². The quantitative estimate of drug-likeness (QED) is 0.590. The number of hydrogen-bond donors (Lipinski definition) is 1. The molecule has 1 N–H and O–H groups in total. The third-order valence-electron chi connectivity index (χ3n) is 4.23. The Bertz CT molecular complexity index is 997. The summed E-state index contributed by atoms with van der Waals surface area (Å²) >= 11 is 6.58. The largest absolute Gasteiger partial charge is 0.370 e. The molecule has 2 aromatic rings. The lowest BCUT2D eigenvalue weighted by molar-refractivity contribution is -0.122. The van der Waals surface area contributed by atoms with Crippen molar-refractivity contribution in [1.82, 2.24) is 14.3 Å². The number of hydrogen-bond acceptors (Lipinski definition) is 6. The average Bonchev–Trinajstić information content (AvgIpc) is 2.90. The van der Waals surface area contributed by atoms with Crippen molar-refractivity contribution in [3.05, 3.63) is 44.7 Å². The number of aryl methyl sites for hydroxylation is 1. The van der Waals surface area contributed by atoms with Gasteiger partial charge in [-0.2, -0.15) is 0 Å². The van der Waals surface area contributed by atoms with Crippen LogP contribution in [0.15, 0.2) is 28.0 Å². The minimum Gasteiger partial charge on any atom is -0.370 e. The number of unbranched alkanes of at least 4 members (excludes halogenated alkanes) is 1. The molecule has 0 atom stereocenters. The second-order valence-corrected chi connectivity index (χ2v) is 8.01. The Labute approximate surface area is 167 Å². The van der Waals surface area contributed by atoms with Crippen LogP contribution in [0.3, 0.4) is 0 Å². The molecule has 0 radical (unpaired) electrons. The Morgan fingerprint density at radius 3 is 2.78 bits per heavy atom. The first-order valence-corrected chi connectivity index (χ1v) is 10.2. The van der Waals surface area contributed by atoms with E-state index in [1.165, 1.54) is 16.2 Å². The first-order chi connectivity index (χ1) is 13.0. The summed E-state index contributed by atoms with van der Waals surface area (Å²) in [6, 6.07) is 3.72. The van der Waals surface area contributed by atoms with Crippen LogP contribution in [0.1, 0.15) is 37.8 Å². The number of carbonyl (C=O) groups is 1. The lowest BCUT2D eigenvalue weighted by atomic mass is 10.2. The van der Waals surface area contributed by atoms with Gasteiger partial charge in [0.05, 0.1) is 10.5 Å². The van der Waals surface area contributed by atoms with E-state index in [2.05, 4.69) is 17.2 Å². The summed E-state index contributed by atoms with van der Waals surface area (Å²) in [6.07, 6.45) is 5.25. The zero-order valence-electron chi connectivity index (χ0n) is 15.6. The minimum atomic E-state index is -0.210. The summed E-state index contributed by atoms with van der Waals surface area (Å²) < 4.78 is 2.05. The summed E-state index contributed by atoms with van der Waals surface area (Å²) in [7, 11) is 0. The van der Waals surface area contributed by atoms with Gasteiger partial charge in [0.1, 0.15) is 15.8 Å². The van der Waals surface area contributed by atoms with Crippen LogP contribution in [-0.4, -0.2) is 37.6 Å². The molecule has 1 saturated heterocycles. The van der Waals surface area contributed by atoms with E-state index >= 15 is 0 Å². The highest BCUT2D eigenvalue weighted by Gasteiger charge is 2.32. The van der Waals surface area contributed by atoms with Crippen LogP contribution in [0.2, 0.25) is 0 Å². The fourth-order valence-corrected chi connectivity index (χ4v) is 4.12. The number of thioether (sulfide) groups is 1. The minimum absolute atomic E-state index is 0.144. The monoisotopic (exact) mass is 402 g/mol. The van der Waals surface area contributed by atoms with Gasteiger partial charge >= 0.3 is 0 Å². The Morgan fingerprint density at radius 2 is 2.07 bits per heavy atom. The SMILES string of the molecule is CCCCN1C(=O)C(=Cc2c(NCC)nc3ccc(C)cn3c2=O)SC1=S. The molecule has 142 valence electrons. The molecule has 0 unspecified atom stereocenters. The average molecular weight is 403 g/mol. The molecule has 0 aliphatic carbocycles. The van der Waals surface area contributed by atoms with Crippen molar-refractivity contribution in [1.29, 1.82) is 0 Å². The molecular weight excluding hydrogens is 380 g/mol. The molecule has 1 aliphatic heterocycles. The third kappa shape index (κ3) is 3.91. The van der Waals surface area contributed by atoms with Gasteiger partial charge in [0.15, 0.2) is 0 Å². The van der Waals surface area contributed by atoms with Gasteiger partial charge in [0.25, 0.3) is 11.5 Å². The Morgan fingerprint density at radius 1 is 1.30 bits per heavy atom. The molecule has 0 aromatic carbocycles. The van der Waals surface area contributed by atoms with Gasteiger partial charge in [0, 0.05) is 19.3 Å². The summed E-state index contributed by atoms with van der Waals surface area (Å²) in [5.41, 5.74) is 1.68. The van der Waals surface area contributed by atoms with Crippen LogP contribution in [-0.2, 0) is 4.79 Å². The van der Waals surface area contributed by atoms with Gasteiger partial charge in [-0.25, -0.2) is 4.98 Å². The van der Waals surface area contributed by atoms with E-state index in [0.717, 1.165) is 18.4 Å². The van der Waals surface area contributed by atoms with E-state index in [4.69, 9.17) is 12.2 Å². The Kier molecular flexibility index (Phi) is 5.96. The maximum absolute atomic E-state index is 13.1. The second-order valence-electron chi connectivity index (χ2n) is 6.33. The highest BCUT2D eigenvalue weighted by atomic mass is 32.2. The van der Waals surface area contributed by atoms with Crippen LogP contribution >= 0.6 is 24.0 Å². The van der Waals surface area contributed by atoms with Crippen LogP contribution in [0.5, 0.6) is 0 Å². The number of pyridine rings is 1. The highest BCUT2D eigenvalue weighted by molar-refractivity contribution is 8.26. The zero-order chi connectivity index (χ0) is 19.6. The Hall–Kier alpha value is -2.19. The molecule has 2 aromatic heterocycles. The molecule has 0 saturated carbocycles. The van der Waals surface area contributed by atoms with Gasteiger partial charge in [0.2, 0.25) is 0 Å². The predicted molar refractivity (Wildman–Crippen MR) is 115 cm³/mol. The number of rotatable bonds is 6. The third-order valence-corrected chi connectivity index (χ3v) is 5.61. The molecule has 27 heavy (non-hydrogen) atoms. The van der Waals surface area contributed by atoms with Crippen LogP contribution in [0, 0.1) is 6.92 Å². The molecule has 1 fully saturated rings. The number of carbonyl (C=O) groups excluding carboxylic acids is 1. The van der Waals surface area contributed by atoms with E-state index in [-0.39, 0.29) is 11.5 Å². The van der Waals surface area contributed by atoms with Crippen molar-refractivity contribution in [2.75, 3.05) is 18.4 Å². The summed E-state index contributed by atoms with van der Waals surface area (Å²) in [5.74, 6) is 0.333. The number of aromatic nitrogens is 2. The van der Waals surface area contributed by atoms with E-state index in [9.17, 15) is 9.59 Å². The molecule has 8 heteroatoms. The van der Waals surface area contributed by atoms with Gasteiger partial charge < -0.3 is 5.32 Å². The van der Waals surface area contributed by atoms with Crippen molar-refractivity contribution in [2.24, 2.45) is 0 Å². The van der Waals surface area contributed by atoms with Crippen LogP contribution < -0.4 is 10.9 Å². The molecule has 0 spiro atoms. The first-order valence-electron chi connectivity index (χ1n) is 8.98. The number of nitrogens with zero attached hydrogens (tertiary/aromatic N) is 3. The van der Waals surface area contributed by atoms with E-state index in [0.29, 0.717) is 39.3 Å². The summed E-state index contributed by atoms with van der Waals surface area (Å²) in [6.45, 7) is 7.15. The van der Waals surface area contributed by atoms with Crippen molar-refractivity contribution < 1.29 is 4.79 Å². The zero-order valence-corrected chi connectivity index (χ0v) is 17.2. The number of fused-ring (bicyclic) bond motifs is 1. The van der Waals surface area contributed by atoms with Crippen LogP contribution in [0.25, 0.3) is 11.7 Å². The maximum atomic E-state index is 13.1. The first kappa shape index (κ1) is 19.6. The lowest BCUT2D eigenvalue weighted by Crippen LogP contribution is -2.29. The van der Waals surface area contributed by atoms with E-state index < -0.39 is 0 Å². The summed E-state index contributed by atoms with van der Waals surface area (Å²) in [4.78, 5) is 32.4. The molecule has 1 aliphatic rings. The molecule has 1 amide bonds. The number of nitrogens with one attached hydrogen (secondary N) is 1. The summed E-state index contributed by atoms with van der Waals surface area (Å²) in [5, 5.41) is 3.13. The molecule has 3 rings (SSSR count). The number of amides is 1. The predicted octanol–water partition coefficient (Wildman–Crippen LogP) is 3.44. The Balaban J connectivity index is 2.10. The van der Waals surface area contributed by atoms with Gasteiger partial charge in [-0.1, -0.05) is 43.4 Å². The maximum Gasteiger partial charge on any atom is 0.267 e. The van der Waals surface area contributed by atoms with Crippen LogP contribution in [0.4, 0.5) is 5.82 Å². The number of thiocarbonyl (C=S) groups is 1. The molecule has 6 nitrogen and oxygen atoms in total. The highest BCUT2D eigenvalue weighted by Crippen LogP contribution is 2.33. The van der Waals surface area contributed by atoms with Crippen molar-refractivity contribution in [3.63, 3.8) is 0 Å². The van der Waals surface area contributed by atoms with Gasteiger partial charge in [-0.3, -0.25) is 18.9 Å². The van der Waals surface area contributed by atoms with Crippen molar-refractivity contribution in [2.45, 2.75) is 33.6 Å². The normalized spacial score (nSPS) is 16.0. The second kappa shape index (κ2) is 8.22. The van der Waals surface area contributed by atoms with Crippen molar-refractivity contribution in [3.8, 4) is 0 Å². The fourth-order valence-electron chi connectivity index (χ4n) is 2.83. The van der Waals surface area contributed by atoms with E-state index in [1.54, 1.807) is 17.2 Å². The van der Waals surface area contributed by atoms with Crippen molar-refractivity contribution >= 4 is 51.7 Å². The smallest absolute Gasteiger partial charge is 0.267 e.